The number of aromatic nitrogens is 3. The number of alkyl halides is 1. The fraction of sp³-hybridized carbons (Fsp3) is 0.308. The highest BCUT2D eigenvalue weighted by Crippen LogP contribution is 2.22. The summed E-state index contributed by atoms with van der Waals surface area (Å²) < 4.78 is 6.48. The lowest BCUT2D eigenvalue weighted by atomic mass is 10.1. The molecule has 0 N–H and O–H groups in total. The minimum atomic E-state index is -0.323. The van der Waals surface area contributed by atoms with E-state index >= 15 is 0 Å². The minimum Gasteiger partial charge on any atom is -0.465 e. The van der Waals surface area contributed by atoms with Gasteiger partial charge in [-0.2, -0.15) is 5.10 Å². The predicted octanol–water partition coefficient (Wildman–Crippen LogP) is 2.25. The maximum atomic E-state index is 11.5. The number of nitrogens with zero attached hydrogens (tertiary/aromatic N) is 3. The van der Waals surface area contributed by atoms with E-state index in [1.807, 2.05) is 12.1 Å². The zero-order valence-corrected chi connectivity index (χ0v) is 11.3. The molecule has 0 aliphatic rings. The molecule has 0 saturated carbocycles. The lowest BCUT2D eigenvalue weighted by Crippen LogP contribution is -2.15. The molecule has 0 aromatic carbocycles. The summed E-state index contributed by atoms with van der Waals surface area (Å²) in [5.74, 6) is 0.0316. The van der Waals surface area contributed by atoms with E-state index in [0.29, 0.717) is 12.5 Å². The highest BCUT2D eigenvalue weighted by Gasteiger charge is 2.13. The van der Waals surface area contributed by atoms with Crippen LogP contribution in [0.1, 0.15) is 12.5 Å². The molecule has 0 aliphatic carbocycles. The van der Waals surface area contributed by atoms with E-state index in [1.165, 1.54) is 0 Å². The third-order valence-electron chi connectivity index (χ3n) is 2.58. The van der Waals surface area contributed by atoms with Gasteiger partial charge in [-0.15, -0.1) is 11.6 Å². The van der Waals surface area contributed by atoms with Crippen molar-refractivity contribution in [2.45, 2.75) is 19.3 Å². The molecule has 0 saturated heterocycles. The van der Waals surface area contributed by atoms with Crippen LogP contribution in [-0.2, 0) is 22.0 Å². The van der Waals surface area contributed by atoms with E-state index in [2.05, 4.69) is 10.1 Å². The summed E-state index contributed by atoms with van der Waals surface area (Å²) in [4.78, 5) is 15.8. The molecule has 0 amide bonds. The van der Waals surface area contributed by atoms with Crippen LogP contribution in [0.3, 0.4) is 0 Å². The normalized spacial score (nSPS) is 10.4. The summed E-state index contributed by atoms with van der Waals surface area (Å²) in [5, 5.41) is 4.12. The van der Waals surface area contributed by atoms with Gasteiger partial charge in [0.2, 0.25) is 0 Å². The van der Waals surface area contributed by atoms with Crippen LogP contribution in [0.5, 0.6) is 0 Å². The van der Waals surface area contributed by atoms with E-state index in [9.17, 15) is 4.79 Å². The van der Waals surface area contributed by atoms with Gasteiger partial charge in [-0.3, -0.25) is 14.5 Å². The third kappa shape index (κ3) is 3.12. The molecule has 19 heavy (non-hydrogen) atoms. The summed E-state index contributed by atoms with van der Waals surface area (Å²) in [5.41, 5.74) is 2.39. The van der Waals surface area contributed by atoms with E-state index in [0.717, 1.165) is 17.0 Å². The van der Waals surface area contributed by atoms with Crippen molar-refractivity contribution in [1.82, 2.24) is 14.8 Å². The van der Waals surface area contributed by atoms with Crippen molar-refractivity contribution in [2.24, 2.45) is 0 Å². The lowest BCUT2D eigenvalue weighted by molar-refractivity contribution is -0.144. The number of carbonyl (C=O) groups excluding carboxylic acids is 1. The van der Waals surface area contributed by atoms with Crippen molar-refractivity contribution in [3.05, 3.63) is 36.2 Å². The fourth-order valence-corrected chi connectivity index (χ4v) is 1.98. The first-order chi connectivity index (χ1) is 9.26. The average Bonchev–Trinajstić information content (AvgIpc) is 2.86. The number of pyridine rings is 1. The molecule has 2 aromatic rings. The summed E-state index contributed by atoms with van der Waals surface area (Å²) in [6.45, 7) is 2.19. The first-order valence-corrected chi connectivity index (χ1v) is 6.47. The molecule has 6 heteroatoms. The van der Waals surface area contributed by atoms with Crippen LogP contribution in [0.15, 0.2) is 30.6 Å². The number of esters is 1. The van der Waals surface area contributed by atoms with E-state index < -0.39 is 0 Å². The Balaban J connectivity index is 2.31. The Labute approximate surface area is 116 Å². The monoisotopic (exact) mass is 279 g/mol. The van der Waals surface area contributed by atoms with Crippen LogP contribution in [0, 0.1) is 0 Å². The quantitative estimate of drug-likeness (QED) is 0.622. The Morgan fingerprint density at radius 3 is 3.00 bits per heavy atom. The number of carbonyl (C=O) groups is 1. The van der Waals surface area contributed by atoms with Gasteiger partial charge in [-0.1, -0.05) is 6.07 Å². The molecule has 0 unspecified atom stereocenters. The zero-order valence-electron chi connectivity index (χ0n) is 10.5. The Morgan fingerprint density at radius 1 is 1.42 bits per heavy atom. The third-order valence-corrected chi connectivity index (χ3v) is 2.87. The zero-order chi connectivity index (χ0) is 13.7. The molecule has 0 atom stereocenters. The summed E-state index contributed by atoms with van der Waals surface area (Å²) in [7, 11) is 0. The SMILES string of the molecule is CCOC(=O)Cn1nccc1-c1ncccc1CCl. The lowest BCUT2D eigenvalue weighted by Gasteiger charge is -2.09. The maximum Gasteiger partial charge on any atom is 0.327 e. The van der Waals surface area contributed by atoms with Crippen LogP contribution in [0.2, 0.25) is 0 Å². The molecule has 2 rings (SSSR count). The van der Waals surface area contributed by atoms with Crippen LogP contribution in [0.4, 0.5) is 0 Å². The van der Waals surface area contributed by atoms with E-state index in [-0.39, 0.29) is 12.5 Å². The second-order valence-corrected chi connectivity index (χ2v) is 4.09. The predicted molar refractivity (Wildman–Crippen MR) is 71.6 cm³/mol. The molecule has 0 aliphatic heterocycles. The second-order valence-electron chi connectivity index (χ2n) is 3.82. The van der Waals surface area contributed by atoms with Gasteiger partial charge in [0.25, 0.3) is 0 Å². The van der Waals surface area contributed by atoms with Crippen molar-refractivity contribution < 1.29 is 9.53 Å². The van der Waals surface area contributed by atoms with Crippen molar-refractivity contribution in [3.8, 4) is 11.4 Å². The van der Waals surface area contributed by atoms with Crippen LogP contribution in [-0.4, -0.2) is 27.3 Å². The molecule has 0 radical (unpaired) electrons. The molecule has 0 fully saturated rings. The average molecular weight is 280 g/mol. The van der Waals surface area contributed by atoms with Gasteiger partial charge in [-0.25, -0.2) is 0 Å². The Morgan fingerprint density at radius 2 is 2.26 bits per heavy atom. The Bertz CT molecular complexity index is 569. The van der Waals surface area contributed by atoms with Gasteiger partial charge in [0.1, 0.15) is 6.54 Å². The smallest absolute Gasteiger partial charge is 0.327 e. The highest BCUT2D eigenvalue weighted by molar-refractivity contribution is 6.17. The number of halogens is 1. The van der Waals surface area contributed by atoms with Gasteiger partial charge < -0.3 is 4.74 Å². The van der Waals surface area contributed by atoms with Crippen LogP contribution in [0.25, 0.3) is 11.4 Å². The van der Waals surface area contributed by atoms with E-state index in [1.54, 1.807) is 30.1 Å². The van der Waals surface area contributed by atoms with Gasteiger partial charge in [-0.05, 0) is 24.6 Å². The highest BCUT2D eigenvalue weighted by atomic mass is 35.5. The fourth-order valence-electron chi connectivity index (χ4n) is 1.77. The Hall–Kier alpha value is -1.88. The topological polar surface area (TPSA) is 57.0 Å². The Kier molecular flexibility index (Phi) is 4.52. The number of hydrogen-bond donors (Lipinski definition) is 0. The van der Waals surface area contributed by atoms with Gasteiger partial charge in [0, 0.05) is 18.3 Å². The summed E-state index contributed by atoms with van der Waals surface area (Å²) in [6, 6.07) is 5.53. The first-order valence-electron chi connectivity index (χ1n) is 5.94. The summed E-state index contributed by atoms with van der Waals surface area (Å²) in [6.07, 6.45) is 3.31. The molecule has 0 spiro atoms. The number of rotatable bonds is 5. The molecule has 5 nitrogen and oxygen atoms in total. The van der Waals surface area contributed by atoms with Crippen molar-refractivity contribution >= 4 is 17.6 Å². The standard InChI is InChI=1S/C13H14ClN3O2/c1-2-19-12(18)9-17-11(5-7-16-17)13-10(8-14)4-3-6-15-13/h3-7H,2,8-9H2,1H3. The van der Waals surface area contributed by atoms with Gasteiger partial charge in [0.05, 0.1) is 18.0 Å². The van der Waals surface area contributed by atoms with Gasteiger partial charge >= 0.3 is 5.97 Å². The van der Waals surface area contributed by atoms with Crippen LogP contribution < -0.4 is 0 Å². The van der Waals surface area contributed by atoms with E-state index in [4.69, 9.17) is 16.3 Å². The summed E-state index contributed by atoms with van der Waals surface area (Å²) >= 11 is 5.90. The molecule has 2 heterocycles. The molecular weight excluding hydrogens is 266 g/mol. The minimum absolute atomic E-state index is 0.0640. The molecule has 2 aromatic heterocycles. The largest absolute Gasteiger partial charge is 0.465 e. The number of ether oxygens (including phenoxy) is 1. The van der Waals surface area contributed by atoms with Crippen molar-refractivity contribution in [2.75, 3.05) is 6.61 Å². The molecule has 0 bridgehead atoms. The van der Waals surface area contributed by atoms with Crippen molar-refractivity contribution in [1.29, 1.82) is 0 Å². The van der Waals surface area contributed by atoms with Crippen LogP contribution >= 0.6 is 11.6 Å². The van der Waals surface area contributed by atoms with Gasteiger partial charge in [0.15, 0.2) is 0 Å². The van der Waals surface area contributed by atoms with Crippen molar-refractivity contribution in [3.63, 3.8) is 0 Å². The number of hydrogen-bond acceptors (Lipinski definition) is 4. The molecular formula is C13H14ClN3O2. The maximum absolute atomic E-state index is 11.5. The first kappa shape index (κ1) is 13.5. The molecule has 100 valence electrons. The second kappa shape index (κ2) is 6.33.